The molecule has 3 unspecified atom stereocenters. The van der Waals surface area contributed by atoms with Crippen LogP contribution in [0.15, 0.2) is 18.2 Å². The van der Waals surface area contributed by atoms with Crippen LogP contribution in [0.2, 0.25) is 0 Å². The molecule has 0 spiro atoms. The number of nitrogens with one attached hydrogen (secondary N) is 1. The second-order valence-corrected chi connectivity index (χ2v) is 7.69. The van der Waals surface area contributed by atoms with Crippen molar-refractivity contribution in [3.63, 3.8) is 0 Å². The van der Waals surface area contributed by atoms with Crippen LogP contribution in [-0.4, -0.2) is 36.2 Å². The Kier molecular flexibility index (Phi) is 5.48. The first-order chi connectivity index (χ1) is 9.17. The van der Waals surface area contributed by atoms with Gasteiger partial charge in [-0.1, -0.05) is 24.6 Å². The van der Waals surface area contributed by atoms with E-state index < -0.39 is 0 Å². The van der Waals surface area contributed by atoms with E-state index in [0.717, 1.165) is 5.75 Å². The molecule has 0 aliphatic carbocycles. The number of hydrogen-bond donors (Lipinski definition) is 1. The van der Waals surface area contributed by atoms with Gasteiger partial charge in [-0.05, 0) is 20.0 Å². The lowest BCUT2D eigenvalue weighted by Crippen LogP contribution is -2.36. The minimum Gasteiger partial charge on any atom is -0.496 e. The van der Waals surface area contributed by atoms with Gasteiger partial charge in [-0.3, -0.25) is 0 Å². The lowest BCUT2D eigenvalue weighted by atomic mass is 9.98. The number of rotatable bonds is 4. The maximum absolute atomic E-state index is 5.55. The molecule has 1 fully saturated rings. The molecule has 1 N–H and O–H groups in total. The van der Waals surface area contributed by atoms with E-state index in [4.69, 9.17) is 4.74 Å². The minimum atomic E-state index is 0.350. The minimum absolute atomic E-state index is 0.350. The molecule has 0 bridgehead atoms. The largest absolute Gasteiger partial charge is 0.496 e. The van der Waals surface area contributed by atoms with Crippen LogP contribution in [0.25, 0.3) is 0 Å². The van der Waals surface area contributed by atoms with Crippen LogP contribution >= 0.6 is 23.5 Å². The van der Waals surface area contributed by atoms with E-state index in [9.17, 15) is 0 Å². The Labute approximate surface area is 125 Å². The molecule has 1 aliphatic heterocycles. The maximum Gasteiger partial charge on any atom is 0.123 e. The zero-order chi connectivity index (χ0) is 13.8. The predicted molar refractivity (Wildman–Crippen MR) is 87.7 cm³/mol. The van der Waals surface area contributed by atoms with Crippen LogP contribution in [0.1, 0.15) is 24.1 Å². The molecular weight excluding hydrogens is 274 g/mol. The summed E-state index contributed by atoms with van der Waals surface area (Å²) in [5.41, 5.74) is 2.58. The zero-order valence-electron chi connectivity index (χ0n) is 12.1. The Morgan fingerprint density at radius 2 is 2.05 bits per heavy atom. The molecule has 2 nitrogen and oxygen atoms in total. The highest BCUT2D eigenvalue weighted by atomic mass is 32.2. The number of ether oxygens (including phenoxy) is 1. The molecular formula is C15H23NOS2. The molecule has 1 aromatic rings. The number of benzene rings is 1. The second-order valence-electron chi connectivity index (χ2n) is 4.92. The molecule has 106 valence electrons. The van der Waals surface area contributed by atoms with Crippen molar-refractivity contribution in [2.24, 2.45) is 0 Å². The van der Waals surface area contributed by atoms with Crippen molar-refractivity contribution >= 4 is 23.5 Å². The Balaban J connectivity index is 2.32. The molecule has 1 saturated heterocycles. The lowest BCUT2D eigenvalue weighted by Gasteiger charge is -2.35. The molecule has 1 aromatic carbocycles. The fourth-order valence-electron chi connectivity index (χ4n) is 2.61. The third-order valence-corrected chi connectivity index (χ3v) is 6.79. The van der Waals surface area contributed by atoms with Gasteiger partial charge in [0, 0.05) is 33.6 Å². The Morgan fingerprint density at radius 1 is 1.32 bits per heavy atom. The predicted octanol–water partition coefficient (Wildman–Crippen LogP) is 3.50. The average Bonchev–Trinajstić information content (AvgIpc) is 2.42. The van der Waals surface area contributed by atoms with Crippen molar-refractivity contribution in [1.82, 2.24) is 5.32 Å². The van der Waals surface area contributed by atoms with Gasteiger partial charge < -0.3 is 10.1 Å². The summed E-state index contributed by atoms with van der Waals surface area (Å²) in [4.78, 5) is 0. The molecule has 3 atom stereocenters. The SMILES string of the molecule is CNC(c1cc(C)ccc1OC)C1SCCSC1C. The van der Waals surface area contributed by atoms with Crippen molar-refractivity contribution in [2.45, 2.75) is 30.4 Å². The number of thioether (sulfide) groups is 2. The summed E-state index contributed by atoms with van der Waals surface area (Å²) in [6, 6.07) is 6.80. The van der Waals surface area contributed by atoms with Crippen LogP contribution < -0.4 is 10.1 Å². The quantitative estimate of drug-likeness (QED) is 0.918. The Bertz CT molecular complexity index is 425. The van der Waals surface area contributed by atoms with Crippen LogP contribution in [0.4, 0.5) is 0 Å². The van der Waals surface area contributed by atoms with Crippen molar-refractivity contribution in [1.29, 1.82) is 0 Å². The van der Waals surface area contributed by atoms with Crippen LogP contribution in [0.3, 0.4) is 0 Å². The molecule has 1 heterocycles. The van der Waals surface area contributed by atoms with Gasteiger partial charge in [-0.2, -0.15) is 23.5 Å². The number of aryl methyl sites for hydroxylation is 1. The first-order valence-corrected chi connectivity index (χ1v) is 8.82. The first kappa shape index (κ1) is 15.1. The van der Waals surface area contributed by atoms with Crippen molar-refractivity contribution in [3.05, 3.63) is 29.3 Å². The zero-order valence-corrected chi connectivity index (χ0v) is 13.7. The van der Waals surface area contributed by atoms with E-state index in [1.807, 2.05) is 0 Å². The van der Waals surface area contributed by atoms with E-state index in [1.165, 1.54) is 22.6 Å². The highest BCUT2D eigenvalue weighted by Gasteiger charge is 2.32. The van der Waals surface area contributed by atoms with Gasteiger partial charge in [0.2, 0.25) is 0 Å². The summed E-state index contributed by atoms with van der Waals surface area (Å²) in [6.07, 6.45) is 0. The van der Waals surface area contributed by atoms with Crippen molar-refractivity contribution in [3.8, 4) is 5.75 Å². The summed E-state index contributed by atoms with van der Waals surface area (Å²) in [6.45, 7) is 4.48. The van der Waals surface area contributed by atoms with E-state index in [0.29, 0.717) is 16.5 Å². The van der Waals surface area contributed by atoms with E-state index >= 15 is 0 Å². The molecule has 2 rings (SSSR count). The topological polar surface area (TPSA) is 21.3 Å². The fourth-order valence-corrected chi connectivity index (χ4v) is 5.59. The first-order valence-electron chi connectivity index (χ1n) is 6.72. The van der Waals surface area contributed by atoms with Gasteiger partial charge in [0.15, 0.2) is 0 Å². The van der Waals surface area contributed by atoms with Crippen molar-refractivity contribution < 1.29 is 4.74 Å². The lowest BCUT2D eigenvalue weighted by molar-refractivity contribution is 0.399. The molecule has 4 heteroatoms. The average molecular weight is 297 g/mol. The van der Waals surface area contributed by atoms with Crippen molar-refractivity contribution in [2.75, 3.05) is 25.7 Å². The van der Waals surface area contributed by atoms with Gasteiger partial charge in [0.25, 0.3) is 0 Å². The molecule has 0 saturated carbocycles. The van der Waals surface area contributed by atoms with Gasteiger partial charge in [0.1, 0.15) is 5.75 Å². The third-order valence-electron chi connectivity index (χ3n) is 3.60. The summed E-state index contributed by atoms with van der Waals surface area (Å²) < 4.78 is 5.55. The molecule has 0 radical (unpaired) electrons. The monoisotopic (exact) mass is 297 g/mol. The van der Waals surface area contributed by atoms with Crippen LogP contribution in [0, 0.1) is 6.92 Å². The molecule has 19 heavy (non-hydrogen) atoms. The summed E-state index contributed by atoms with van der Waals surface area (Å²) >= 11 is 4.17. The van der Waals surface area contributed by atoms with Gasteiger partial charge >= 0.3 is 0 Å². The second kappa shape index (κ2) is 6.91. The summed E-state index contributed by atoms with van der Waals surface area (Å²) in [5, 5.41) is 4.77. The maximum atomic E-state index is 5.55. The Morgan fingerprint density at radius 3 is 2.68 bits per heavy atom. The highest BCUT2D eigenvalue weighted by Crippen LogP contribution is 2.41. The van der Waals surface area contributed by atoms with Crippen LogP contribution in [-0.2, 0) is 0 Å². The van der Waals surface area contributed by atoms with Gasteiger partial charge in [-0.15, -0.1) is 0 Å². The fraction of sp³-hybridized carbons (Fsp3) is 0.600. The number of methoxy groups -OCH3 is 1. The summed E-state index contributed by atoms with van der Waals surface area (Å²) in [5.74, 6) is 3.50. The molecule has 1 aliphatic rings. The van der Waals surface area contributed by atoms with Gasteiger partial charge in [-0.25, -0.2) is 0 Å². The summed E-state index contributed by atoms with van der Waals surface area (Å²) in [7, 11) is 3.81. The van der Waals surface area contributed by atoms with Crippen LogP contribution in [0.5, 0.6) is 5.75 Å². The smallest absolute Gasteiger partial charge is 0.123 e. The molecule has 0 aromatic heterocycles. The Hall–Kier alpha value is -0.320. The molecule has 0 amide bonds. The van der Waals surface area contributed by atoms with E-state index in [-0.39, 0.29) is 0 Å². The van der Waals surface area contributed by atoms with Gasteiger partial charge in [0.05, 0.1) is 7.11 Å². The van der Waals surface area contributed by atoms with E-state index in [2.05, 4.69) is 67.9 Å². The number of hydrogen-bond acceptors (Lipinski definition) is 4. The third kappa shape index (κ3) is 3.41. The standard InChI is InChI=1S/C15H23NOS2/c1-10-5-6-13(17-4)12(9-10)14(16-3)15-11(2)18-7-8-19-15/h5-6,9,11,14-16H,7-8H2,1-4H3. The highest BCUT2D eigenvalue weighted by molar-refractivity contribution is 8.07. The normalized spacial score (nSPS) is 25.1. The van der Waals surface area contributed by atoms with E-state index in [1.54, 1.807) is 7.11 Å².